The molecule has 0 aliphatic rings. The highest BCUT2D eigenvalue weighted by Crippen LogP contribution is 2.17. The van der Waals surface area contributed by atoms with Crippen LogP contribution in [0.4, 0.5) is 5.69 Å². The van der Waals surface area contributed by atoms with Gasteiger partial charge in [-0.2, -0.15) is 0 Å². The SMILES string of the molecule is C=C(C)/C=C\C(=C/C)c1ccc(N)cc1. The van der Waals surface area contributed by atoms with Crippen LogP contribution in [0.5, 0.6) is 0 Å². The average molecular weight is 199 g/mol. The van der Waals surface area contributed by atoms with Crippen molar-refractivity contribution in [3.63, 3.8) is 0 Å². The number of anilines is 1. The lowest BCUT2D eigenvalue weighted by Crippen LogP contribution is -1.85. The molecule has 0 aliphatic heterocycles. The van der Waals surface area contributed by atoms with Crippen LogP contribution >= 0.6 is 0 Å². The second-order valence-corrected chi connectivity index (χ2v) is 3.55. The van der Waals surface area contributed by atoms with Gasteiger partial charge >= 0.3 is 0 Å². The smallest absolute Gasteiger partial charge is 0.0314 e. The zero-order valence-electron chi connectivity index (χ0n) is 9.33. The molecule has 0 bridgehead atoms. The van der Waals surface area contributed by atoms with E-state index in [0.29, 0.717) is 0 Å². The fraction of sp³-hybridized carbons (Fsp3) is 0.143. The van der Waals surface area contributed by atoms with Gasteiger partial charge in [0.05, 0.1) is 0 Å². The van der Waals surface area contributed by atoms with Gasteiger partial charge in [0.1, 0.15) is 0 Å². The van der Waals surface area contributed by atoms with Crippen molar-refractivity contribution >= 4 is 11.3 Å². The Morgan fingerprint density at radius 1 is 1.20 bits per heavy atom. The molecule has 0 aromatic heterocycles. The van der Waals surface area contributed by atoms with E-state index in [1.165, 1.54) is 11.1 Å². The average Bonchev–Trinajstić information content (AvgIpc) is 2.21. The van der Waals surface area contributed by atoms with Crippen molar-refractivity contribution in [2.75, 3.05) is 5.73 Å². The van der Waals surface area contributed by atoms with Gasteiger partial charge in [-0.3, -0.25) is 0 Å². The van der Waals surface area contributed by atoms with E-state index in [4.69, 9.17) is 5.73 Å². The number of allylic oxidation sites excluding steroid dienone is 5. The van der Waals surface area contributed by atoms with Gasteiger partial charge in [0, 0.05) is 5.69 Å². The summed E-state index contributed by atoms with van der Waals surface area (Å²) in [6, 6.07) is 7.86. The molecule has 0 spiro atoms. The van der Waals surface area contributed by atoms with Crippen LogP contribution in [0.1, 0.15) is 19.4 Å². The summed E-state index contributed by atoms with van der Waals surface area (Å²) in [4.78, 5) is 0. The first-order valence-electron chi connectivity index (χ1n) is 4.99. The van der Waals surface area contributed by atoms with E-state index in [0.717, 1.165) is 11.3 Å². The summed E-state index contributed by atoms with van der Waals surface area (Å²) in [5, 5.41) is 0. The maximum Gasteiger partial charge on any atom is 0.0314 e. The molecule has 78 valence electrons. The molecule has 2 N–H and O–H groups in total. The molecule has 0 unspecified atom stereocenters. The zero-order valence-corrected chi connectivity index (χ0v) is 9.33. The van der Waals surface area contributed by atoms with Gasteiger partial charge < -0.3 is 5.73 Å². The van der Waals surface area contributed by atoms with Gasteiger partial charge in [-0.25, -0.2) is 0 Å². The van der Waals surface area contributed by atoms with Gasteiger partial charge in [0.15, 0.2) is 0 Å². The van der Waals surface area contributed by atoms with Crippen molar-refractivity contribution in [1.29, 1.82) is 0 Å². The van der Waals surface area contributed by atoms with Crippen LogP contribution in [0, 0.1) is 0 Å². The number of nitrogen functional groups attached to an aromatic ring is 1. The van der Waals surface area contributed by atoms with Crippen molar-refractivity contribution < 1.29 is 0 Å². The number of benzene rings is 1. The molecule has 1 rings (SSSR count). The third-order valence-electron chi connectivity index (χ3n) is 2.10. The Labute approximate surface area is 91.6 Å². The predicted molar refractivity (Wildman–Crippen MR) is 68.5 cm³/mol. The van der Waals surface area contributed by atoms with Gasteiger partial charge in [-0.1, -0.05) is 42.5 Å². The lowest BCUT2D eigenvalue weighted by molar-refractivity contribution is 1.54. The van der Waals surface area contributed by atoms with E-state index in [9.17, 15) is 0 Å². The highest BCUT2D eigenvalue weighted by Gasteiger charge is 1.95. The Morgan fingerprint density at radius 3 is 2.27 bits per heavy atom. The molecular formula is C14H17N. The Bertz CT molecular complexity index is 394. The molecular weight excluding hydrogens is 182 g/mol. The van der Waals surface area contributed by atoms with Crippen molar-refractivity contribution in [3.8, 4) is 0 Å². The summed E-state index contributed by atoms with van der Waals surface area (Å²) >= 11 is 0. The van der Waals surface area contributed by atoms with Crippen LogP contribution < -0.4 is 5.73 Å². The quantitative estimate of drug-likeness (QED) is 0.581. The first-order chi connectivity index (χ1) is 7.13. The van der Waals surface area contributed by atoms with E-state index < -0.39 is 0 Å². The maximum absolute atomic E-state index is 5.64. The molecule has 0 saturated carbocycles. The topological polar surface area (TPSA) is 26.0 Å². The maximum atomic E-state index is 5.64. The van der Waals surface area contributed by atoms with Crippen molar-refractivity contribution in [2.45, 2.75) is 13.8 Å². The molecule has 1 nitrogen and oxygen atoms in total. The summed E-state index contributed by atoms with van der Waals surface area (Å²) in [7, 11) is 0. The first-order valence-corrected chi connectivity index (χ1v) is 4.99. The number of hydrogen-bond acceptors (Lipinski definition) is 1. The molecule has 0 heterocycles. The minimum absolute atomic E-state index is 0.790. The van der Waals surface area contributed by atoms with Crippen LogP contribution in [-0.2, 0) is 0 Å². The molecule has 15 heavy (non-hydrogen) atoms. The Kier molecular flexibility index (Phi) is 3.92. The molecule has 0 amide bonds. The molecule has 0 fully saturated rings. The van der Waals surface area contributed by atoms with Crippen LogP contribution in [0.15, 0.2) is 54.6 Å². The summed E-state index contributed by atoms with van der Waals surface area (Å²) < 4.78 is 0. The fourth-order valence-corrected chi connectivity index (χ4v) is 1.27. The predicted octanol–water partition coefficient (Wildman–Crippen LogP) is 3.80. The lowest BCUT2D eigenvalue weighted by atomic mass is 10.0. The second-order valence-electron chi connectivity index (χ2n) is 3.55. The van der Waals surface area contributed by atoms with Gasteiger partial charge in [-0.05, 0) is 37.1 Å². The van der Waals surface area contributed by atoms with E-state index in [1.807, 2.05) is 44.2 Å². The van der Waals surface area contributed by atoms with Crippen LogP contribution in [-0.4, -0.2) is 0 Å². The Balaban J connectivity index is 2.94. The minimum Gasteiger partial charge on any atom is -0.399 e. The lowest BCUT2D eigenvalue weighted by Gasteiger charge is -2.02. The zero-order chi connectivity index (χ0) is 11.3. The third-order valence-corrected chi connectivity index (χ3v) is 2.10. The third kappa shape index (κ3) is 3.47. The molecule has 0 atom stereocenters. The molecule has 1 heteroatoms. The number of nitrogens with two attached hydrogens (primary N) is 1. The molecule has 0 radical (unpaired) electrons. The monoisotopic (exact) mass is 199 g/mol. The molecule has 0 saturated heterocycles. The van der Waals surface area contributed by atoms with Crippen molar-refractivity contribution in [2.24, 2.45) is 0 Å². The van der Waals surface area contributed by atoms with Crippen LogP contribution in [0.2, 0.25) is 0 Å². The fourth-order valence-electron chi connectivity index (χ4n) is 1.27. The summed E-state index contributed by atoms with van der Waals surface area (Å²) in [5.41, 5.74) is 9.82. The summed E-state index contributed by atoms with van der Waals surface area (Å²) in [6.45, 7) is 7.84. The normalized spacial score (nSPS) is 12.0. The number of rotatable bonds is 3. The molecule has 1 aromatic carbocycles. The minimum atomic E-state index is 0.790. The van der Waals surface area contributed by atoms with Crippen molar-refractivity contribution in [3.05, 3.63) is 60.2 Å². The molecule has 0 aliphatic carbocycles. The van der Waals surface area contributed by atoms with E-state index in [1.54, 1.807) is 0 Å². The highest BCUT2D eigenvalue weighted by atomic mass is 14.5. The molecule has 1 aromatic rings. The van der Waals surface area contributed by atoms with Gasteiger partial charge in [0.2, 0.25) is 0 Å². The standard InChI is InChI=1S/C14H17N/c1-4-12(6-5-11(2)3)13-7-9-14(15)10-8-13/h4-10H,2,15H2,1,3H3/b6-5-,12-4+. The first kappa shape index (κ1) is 11.3. The summed E-state index contributed by atoms with van der Waals surface area (Å²) in [5.74, 6) is 0. The van der Waals surface area contributed by atoms with Crippen LogP contribution in [0.25, 0.3) is 5.57 Å². The summed E-state index contributed by atoms with van der Waals surface area (Å²) in [6.07, 6.45) is 6.14. The van der Waals surface area contributed by atoms with Crippen LogP contribution in [0.3, 0.4) is 0 Å². The van der Waals surface area contributed by atoms with E-state index in [2.05, 4.69) is 18.7 Å². The highest BCUT2D eigenvalue weighted by molar-refractivity contribution is 5.74. The van der Waals surface area contributed by atoms with E-state index in [-0.39, 0.29) is 0 Å². The van der Waals surface area contributed by atoms with Gasteiger partial charge in [-0.15, -0.1) is 0 Å². The van der Waals surface area contributed by atoms with Crippen molar-refractivity contribution in [1.82, 2.24) is 0 Å². The number of hydrogen-bond donors (Lipinski definition) is 1. The van der Waals surface area contributed by atoms with E-state index >= 15 is 0 Å². The van der Waals surface area contributed by atoms with Gasteiger partial charge in [0.25, 0.3) is 0 Å². The second kappa shape index (κ2) is 5.20. The Hall–Kier alpha value is -1.76. The Morgan fingerprint density at radius 2 is 1.80 bits per heavy atom. The largest absolute Gasteiger partial charge is 0.399 e.